The highest BCUT2D eigenvalue weighted by molar-refractivity contribution is 6.30. The summed E-state index contributed by atoms with van der Waals surface area (Å²) in [5.41, 5.74) is 1.80. The van der Waals surface area contributed by atoms with Crippen LogP contribution in [0.1, 0.15) is 37.3 Å². The lowest BCUT2D eigenvalue weighted by molar-refractivity contribution is -0.137. The van der Waals surface area contributed by atoms with E-state index >= 15 is 0 Å². The number of allylic oxidation sites excluding steroid dienone is 1. The molecule has 0 fully saturated rings. The molecule has 3 N–H and O–H groups in total. The molecule has 26 heavy (non-hydrogen) atoms. The van der Waals surface area contributed by atoms with Crippen LogP contribution in [-0.2, 0) is 9.59 Å². The molecule has 1 atom stereocenters. The second kappa shape index (κ2) is 7.57. The fourth-order valence-corrected chi connectivity index (χ4v) is 2.87. The van der Waals surface area contributed by atoms with E-state index in [4.69, 9.17) is 16.7 Å². The van der Waals surface area contributed by atoms with Gasteiger partial charge in [-0.2, -0.15) is 4.98 Å². The molecule has 1 aliphatic rings. The van der Waals surface area contributed by atoms with Gasteiger partial charge in [0.15, 0.2) is 0 Å². The van der Waals surface area contributed by atoms with Crippen molar-refractivity contribution in [3.8, 4) is 0 Å². The van der Waals surface area contributed by atoms with E-state index in [9.17, 15) is 9.59 Å². The second-order valence-electron chi connectivity index (χ2n) is 6.00. The summed E-state index contributed by atoms with van der Waals surface area (Å²) in [4.78, 5) is 26.7. The van der Waals surface area contributed by atoms with Gasteiger partial charge in [0.2, 0.25) is 11.9 Å². The van der Waals surface area contributed by atoms with Crippen LogP contribution in [-0.4, -0.2) is 31.7 Å². The third-order valence-electron chi connectivity index (χ3n) is 3.96. The standard InChI is InChI=1S/C17H18ClN5O3/c1-10-9-13(11-5-7-12(18)8-6-11)23-17(19-10)21-16(22-23)20-14(24)3-2-4-15(25)26/h5-8,13H,1-4,9H2,(H,25,26)(H2,19,20,21,22,24)/t13-/m0/s1. The van der Waals surface area contributed by atoms with Gasteiger partial charge in [-0.15, -0.1) is 5.10 Å². The number of aromatic nitrogens is 3. The van der Waals surface area contributed by atoms with E-state index in [0.29, 0.717) is 17.4 Å². The van der Waals surface area contributed by atoms with Gasteiger partial charge < -0.3 is 10.4 Å². The Morgan fingerprint density at radius 2 is 2.08 bits per heavy atom. The number of amides is 1. The Morgan fingerprint density at radius 3 is 2.77 bits per heavy atom. The number of hydrogen-bond acceptors (Lipinski definition) is 5. The minimum Gasteiger partial charge on any atom is -0.481 e. The third-order valence-corrected chi connectivity index (χ3v) is 4.21. The van der Waals surface area contributed by atoms with E-state index in [1.807, 2.05) is 24.3 Å². The first-order valence-electron chi connectivity index (χ1n) is 8.11. The summed E-state index contributed by atoms with van der Waals surface area (Å²) in [6.07, 6.45) is 0.929. The number of carbonyl (C=O) groups is 2. The van der Waals surface area contributed by atoms with E-state index in [1.54, 1.807) is 4.68 Å². The Morgan fingerprint density at radius 1 is 1.35 bits per heavy atom. The molecule has 0 saturated carbocycles. The van der Waals surface area contributed by atoms with Crippen LogP contribution in [0.4, 0.5) is 11.9 Å². The number of benzene rings is 1. The maximum Gasteiger partial charge on any atom is 0.303 e. The number of aliphatic carboxylic acids is 1. The molecule has 0 saturated heterocycles. The van der Waals surface area contributed by atoms with Crippen molar-refractivity contribution in [3.63, 3.8) is 0 Å². The Kier molecular flexibility index (Phi) is 5.22. The first kappa shape index (κ1) is 17.9. The molecule has 1 aromatic heterocycles. The van der Waals surface area contributed by atoms with E-state index in [2.05, 4.69) is 27.3 Å². The Hall–Kier alpha value is -2.87. The number of rotatable bonds is 6. The number of anilines is 2. The molecule has 2 aromatic rings. The van der Waals surface area contributed by atoms with Gasteiger partial charge in [0.1, 0.15) is 0 Å². The predicted octanol–water partition coefficient (Wildman–Crippen LogP) is 3.04. The number of hydrogen-bond donors (Lipinski definition) is 3. The molecule has 0 bridgehead atoms. The van der Waals surface area contributed by atoms with Crippen molar-refractivity contribution in [2.24, 2.45) is 0 Å². The summed E-state index contributed by atoms with van der Waals surface area (Å²) >= 11 is 5.95. The van der Waals surface area contributed by atoms with Gasteiger partial charge >= 0.3 is 5.97 Å². The molecule has 0 aliphatic carbocycles. The first-order chi connectivity index (χ1) is 12.4. The van der Waals surface area contributed by atoms with Crippen molar-refractivity contribution >= 4 is 35.4 Å². The van der Waals surface area contributed by atoms with Crippen LogP contribution in [0.15, 0.2) is 36.5 Å². The van der Waals surface area contributed by atoms with Crippen LogP contribution in [0.2, 0.25) is 5.02 Å². The normalized spacial score (nSPS) is 15.9. The summed E-state index contributed by atoms with van der Waals surface area (Å²) in [5.74, 6) is -0.596. The first-order valence-corrected chi connectivity index (χ1v) is 8.48. The van der Waals surface area contributed by atoms with Crippen molar-refractivity contribution in [1.29, 1.82) is 0 Å². The van der Waals surface area contributed by atoms with Crippen LogP contribution in [0.25, 0.3) is 0 Å². The third kappa shape index (κ3) is 4.20. The molecule has 1 aliphatic heterocycles. The largest absolute Gasteiger partial charge is 0.481 e. The van der Waals surface area contributed by atoms with Gasteiger partial charge in [-0.1, -0.05) is 30.3 Å². The summed E-state index contributed by atoms with van der Waals surface area (Å²) in [6, 6.07) is 7.34. The SMILES string of the molecule is C=C1C[C@@H](c2ccc(Cl)cc2)n2nc(NC(=O)CCCC(=O)O)nc2N1. The molecular weight excluding hydrogens is 358 g/mol. The zero-order chi connectivity index (χ0) is 18.7. The minimum absolute atomic E-state index is 0.0550. The second-order valence-corrected chi connectivity index (χ2v) is 6.44. The van der Waals surface area contributed by atoms with E-state index < -0.39 is 5.97 Å². The van der Waals surface area contributed by atoms with E-state index in [-0.39, 0.29) is 37.2 Å². The summed E-state index contributed by atoms with van der Waals surface area (Å²) < 4.78 is 1.70. The number of carboxylic acids is 1. The molecule has 3 rings (SSSR count). The topological polar surface area (TPSA) is 109 Å². The molecule has 136 valence electrons. The van der Waals surface area contributed by atoms with Crippen LogP contribution in [0, 0.1) is 0 Å². The molecular formula is C17H18ClN5O3. The van der Waals surface area contributed by atoms with Gasteiger partial charge in [-0.25, -0.2) is 4.68 Å². The Balaban J connectivity index is 1.75. The Labute approximate surface area is 154 Å². The number of halogens is 1. The monoisotopic (exact) mass is 375 g/mol. The minimum atomic E-state index is -0.929. The smallest absolute Gasteiger partial charge is 0.303 e. The fraction of sp³-hybridized carbons (Fsp3) is 0.294. The zero-order valence-electron chi connectivity index (χ0n) is 13.9. The molecule has 2 heterocycles. The van der Waals surface area contributed by atoms with E-state index in [1.165, 1.54) is 0 Å². The molecule has 0 unspecified atom stereocenters. The number of fused-ring (bicyclic) bond motifs is 1. The van der Waals surface area contributed by atoms with Gasteiger partial charge in [0, 0.05) is 30.0 Å². The van der Waals surface area contributed by atoms with Gasteiger partial charge in [-0.05, 0) is 24.1 Å². The highest BCUT2D eigenvalue weighted by Gasteiger charge is 2.26. The molecule has 8 nitrogen and oxygen atoms in total. The maximum atomic E-state index is 11.9. The maximum absolute atomic E-state index is 11.9. The predicted molar refractivity (Wildman–Crippen MR) is 97.1 cm³/mol. The van der Waals surface area contributed by atoms with Crippen molar-refractivity contribution in [3.05, 3.63) is 47.1 Å². The summed E-state index contributed by atoms with van der Waals surface area (Å²) in [5, 5.41) is 19.3. The fourth-order valence-electron chi connectivity index (χ4n) is 2.74. The molecule has 9 heteroatoms. The molecule has 1 amide bonds. The average Bonchev–Trinajstić information content (AvgIpc) is 2.96. The van der Waals surface area contributed by atoms with E-state index in [0.717, 1.165) is 11.3 Å². The average molecular weight is 376 g/mol. The highest BCUT2D eigenvalue weighted by Crippen LogP contribution is 2.33. The number of carbonyl (C=O) groups excluding carboxylic acids is 1. The zero-order valence-corrected chi connectivity index (χ0v) is 14.7. The highest BCUT2D eigenvalue weighted by atomic mass is 35.5. The molecule has 0 spiro atoms. The molecule has 0 radical (unpaired) electrons. The lowest BCUT2D eigenvalue weighted by Crippen LogP contribution is -2.23. The number of nitrogens with zero attached hydrogens (tertiary/aromatic N) is 3. The van der Waals surface area contributed by atoms with Crippen molar-refractivity contribution in [2.45, 2.75) is 31.7 Å². The summed E-state index contributed by atoms with van der Waals surface area (Å²) in [6.45, 7) is 3.97. The van der Waals surface area contributed by atoms with Crippen LogP contribution < -0.4 is 10.6 Å². The van der Waals surface area contributed by atoms with Crippen LogP contribution in [0.3, 0.4) is 0 Å². The van der Waals surface area contributed by atoms with Crippen molar-refractivity contribution < 1.29 is 14.7 Å². The van der Waals surface area contributed by atoms with Gasteiger partial charge in [0.25, 0.3) is 5.95 Å². The van der Waals surface area contributed by atoms with Crippen molar-refractivity contribution in [2.75, 3.05) is 10.6 Å². The summed E-state index contributed by atoms with van der Waals surface area (Å²) in [7, 11) is 0. The molecule has 1 aromatic carbocycles. The van der Waals surface area contributed by atoms with Gasteiger partial charge in [0.05, 0.1) is 6.04 Å². The van der Waals surface area contributed by atoms with Crippen molar-refractivity contribution in [1.82, 2.24) is 14.8 Å². The van der Waals surface area contributed by atoms with Crippen LogP contribution in [0.5, 0.6) is 0 Å². The Bertz CT molecular complexity index is 847. The lowest BCUT2D eigenvalue weighted by Gasteiger charge is -2.26. The lowest BCUT2D eigenvalue weighted by atomic mass is 10.0. The van der Waals surface area contributed by atoms with Gasteiger partial charge in [-0.3, -0.25) is 14.9 Å². The quantitative estimate of drug-likeness (QED) is 0.716. The number of nitrogens with one attached hydrogen (secondary N) is 2. The van der Waals surface area contributed by atoms with Crippen LogP contribution >= 0.6 is 11.6 Å². The number of carboxylic acid groups (broad SMARTS) is 1.